The minimum Gasteiger partial charge on any atom is -0.497 e. The Kier molecular flexibility index (Phi) is 7.91. The van der Waals surface area contributed by atoms with Crippen molar-refractivity contribution in [2.45, 2.75) is 24.1 Å². The van der Waals surface area contributed by atoms with Crippen LogP contribution in [0.25, 0.3) is 0 Å². The summed E-state index contributed by atoms with van der Waals surface area (Å²) in [6.45, 7) is 3.69. The van der Waals surface area contributed by atoms with Gasteiger partial charge in [0.15, 0.2) is 5.96 Å². The first-order chi connectivity index (χ1) is 12.8. The van der Waals surface area contributed by atoms with Crippen molar-refractivity contribution in [3.8, 4) is 5.75 Å². The molecule has 0 aliphatic carbocycles. The molecular weight excluding hydrogens is 408 g/mol. The Bertz CT molecular complexity index is 897. The minimum atomic E-state index is -3.67. The van der Waals surface area contributed by atoms with Crippen LogP contribution in [0.5, 0.6) is 5.75 Å². The largest absolute Gasteiger partial charge is 0.497 e. The van der Waals surface area contributed by atoms with E-state index in [0.29, 0.717) is 30.6 Å². The molecule has 148 valence electrons. The third-order valence-corrected chi connectivity index (χ3v) is 6.46. The van der Waals surface area contributed by atoms with Crippen LogP contribution in [0.1, 0.15) is 17.4 Å². The second-order valence-corrected chi connectivity index (χ2v) is 8.96. The Morgan fingerprint density at radius 3 is 2.67 bits per heavy atom. The maximum absolute atomic E-state index is 11.3. The molecule has 0 saturated carbocycles. The molecule has 0 saturated heterocycles. The molecule has 0 aliphatic heterocycles. The molecule has 7 nitrogen and oxygen atoms in total. The van der Waals surface area contributed by atoms with Crippen molar-refractivity contribution in [1.29, 1.82) is 0 Å². The topological polar surface area (TPSA) is 106 Å². The Labute approximate surface area is 168 Å². The number of thiophene rings is 1. The van der Waals surface area contributed by atoms with E-state index in [9.17, 15) is 8.42 Å². The van der Waals surface area contributed by atoms with Gasteiger partial charge in [0.05, 0.1) is 13.7 Å². The molecule has 1 aromatic carbocycles. The Hall–Kier alpha value is -1.81. The van der Waals surface area contributed by atoms with Crippen molar-refractivity contribution in [2.75, 3.05) is 20.2 Å². The number of rotatable bonds is 8. The summed E-state index contributed by atoms with van der Waals surface area (Å²) in [4.78, 5) is 5.29. The summed E-state index contributed by atoms with van der Waals surface area (Å²) in [6.07, 6.45) is 0.724. The molecule has 27 heavy (non-hydrogen) atoms. The molecule has 1 heterocycles. The number of sulfonamides is 1. The predicted molar refractivity (Wildman–Crippen MR) is 110 cm³/mol. The molecule has 0 amide bonds. The van der Waals surface area contributed by atoms with E-state index in [1.807, 2.05) is 19.1 Å². The highest BCUT2D eigenvalue weighted by Crippen LogP contribution is 2.22. The molecule has 0 aliphatic rings. The van der Waals surface area contributed by atoms with Gasteiger partial charge in [0.2, 0.25) is 10.0 Å². The zero-order valence-corrected chi connectivity index (χ0v) is 17.5. The van der Waals surface area contributed by atoms with Crippen LogP contribution >= 0.6 is 22.9 Å². The lowest BCUT2D eigenvalue weighted by Crippen LogP contribution is -2.38. The van der Waals surface area contributed by atoms with Crippen molar-refractivity contribution in [3.05, 3.63) is 45.8 Å². The molecule has 4 N–H and O–H groups in total. The van der Waals surface area contributed by atoms with Crippen LogP contribution in [0.4, 0.5) is 0 Å². The molecular formula is C17H23ClN4O3S2. The molecule has 2 aromatic rings. The van der Waals surface area contributed by atoms with Crippen LogP contribution in [-0.2, 0) is 23.0 Å². The van der Waals surface area contributed by atoms with Gasteiger partial charge in [0.25, 0.3) is 0 Å². The predicted octanol–water partition coefficient (Wildman–Crippen LogP) is 2.36. The lowest BCUT2D eigenvalue weighted by Gasteiger charge is -2.12. The van der Waals surface area contributed by atoms with E-state index >= 15 is 0 Å². The molecule has 10 heteroatoms. The number of halogens is 1. The summed E-state index contributed by atoms with van der Waals surface area (Å²) >= 11 is 7.37. The van der Waals surface area contributed by atoms with Gasteiger partial charge in [-0.25, -0.2) is 18.5 Å². The van der Waals surface area contributed by atoms with E-state index in [1.165, 1.54) is 6.07 Å². The number of methoxy groups -OCH3 is 1. The second-order valence-electron chi connectivity index (χ2n) is 5.60. The highest BCUT2D eigenvalue weighted by molar-refractivity contribution is 7.91. The number of nitrogens with zero attached hydrogens (tertiary/aromatic N) is 1. The van der Waals surface area contributed by atoms with Crippen LogP contribution in [0.3, 0.4) is 0 Å². The smallest absolute Gasteiger partial charge is 0.247 e. The summed E-state index contributed by atoms with van der Waals surface area (Å²) in [7, 11) is -2.06. The van der Waals surface area contributed by atoms with Crippen molar-refractivity contribution < 1.29 is 13.2 Å². The van der Waals surface area contributed by atoms with E-state index in [2.05, 4.69) is 15.6 Å². The second kappa shape index (κ2) is 9.93. The number of aliphatic imine (C=N–C) groups is 1. The van der Waals surface area contributed by atoms with Gasteiger partial charge in [-0.2, -0.15) is 0 Å². The summed E-state index contributed by atoms with van der Waals surface area (Å²) in [5.41, 5.74) is 1.01. The molecule has 0 spiro atoms. The van der Waals surface area contributed by atoms with Gasteiger partial charge >= 0.3 is 0 Å². The summed E-state index contributed by atoms with van der Waals surface area (Å²) in [5.74, 6) is 1.37. The van der Waals surface area contributed by atoms with E-state index < -0.39 is 10.0 Å². The lowest BCUT2D eigenvalue weighted by atomic mass is 10.1. The molecule has 0 unspecified atom stereocenters. The SMILES string of the molecule is CCNC(=NCc1ccc(S(N)(=O)=O)s1)NCCc1ccc(OC)cc1Cl. The van der Waals surface area contributed by atoms with Crippen LogP contribution in [0.15, 0.2) is 39.5 Å². The normalized spacial score (nSPS) is 12.1. The van der Waals surface area contributed by atoms with Crippen LogP contribution in [0.2, 0.25) is 5.02 Å². The molecule has 0 atom stereocenters. The van der Waals surface area contributed by atoms with Gasteiger partial charge in [-0.3, -0.25) is 0 Å². The zero-order chi connectivity index (χ0) is 19.9. The van der Waals surface area contributed by atoms with Crippen LogP contribution in [0, 0.1) is 0 Å². The highest BCUT2D eigenvalue weighted by Gasteiger charge is 2.11. The van der Waals surface area contributed by atoms with E-state index in [4.69, 9.17) is 21.5 Å². The fourth-order valence-corrected chi connectivity index (χ4v) is 4.24. The fourth-order valence-electron chi connectivity index (χ4n) is 2.27. The van der Waals surface area contributed by atoms with E-state index in [1.54, 1.807) is 19.2 Å². The molecule has 0 fully saturated rings. The molecule has 0 radical (unpaired) electrons. The van der Waals surface area contributed by atoms with Crippen LogP contribution in [-0.4, -0.2) is 34.6 Å². The number of primary sulfonamides is 1. The maximum atomic E-state index is 11.3. The number of guanidine groups is 1. The van der Waals surface area contributed by atoms with Crippen molar-refractivity contribution in [1.82, 2.24) is 10.6 Å². The van der Waals surface area contributed by atoms with Gasteiger partial charge in [-0.05, 0) is 43.2 Å². The Morgan fingerprint density at radius 2 is 2.07 bits per heavy atom. The number of nitrogens with two attached hydrogens (primary N) is 1. The average Bonchev–Trinajstić information content (AvgIpc) is 3.10. The van der Waals surface area contributed by atoms with Gasteiger partial charge < -0.3 is 15.4 Å². The number of benzene rings is 1. The highest BCUT2D eigenvalue weighted by atomic mass is 35.5. The fraction of sp³-hybridized carbons (Fsp3) is 0.353. The number of hydrogen-bond donors (Lipinski definition) is 3. The number of hydrogen-bond acceptors (Lipinski definition) is 5. The van der Waals surface area contributed by atoms with Gasteiger partial charge in [-0.1, -0.05) is 17.7 Å². The number of nitrogens with one attached hydrogen (secondary N) is 2. The van der Waals surface area contributed by atoms with Crippen LogP contribution < -0.4 is 20.5 Å². The Morgan fingerprint density at radius 1 is 1.30 bits per heavy atom. The van der Waals surface area contributed by atoms with Gasteiger partial charge in [-0.15, -0.1) is 11.3 Å². The summed E-state index contributed by atoms with van der Waals surface area (Å²) in [6, 6.07) is 8.81. The van der Waals surface area contributed by atoms with Gasteiger partial charge in [0.1, 0.15) is 9.96 Å². The van der Waals surface area contributed by atoms with E-state index in [0.717, 1.165) is 33.9 Å². The van der Waals surface area contributed by atoms with Crippen molar-refractivity contribution in [2.24, 2.45) is 10.1 Å². The summed E-state index contributed by atoms with van der Waals surface area (Å²) < 4.78 is 28.0. The Balaban J connectivity index is 1.94. The first-order valence-corrected chi connectivity index (χ1v) is 11.0. The average molecular weight is 431 g/mol. The molecule has 1 aromatic heterocycles. The van der Waals surface area contributed by atoms with Crippen molar-refractivity contribution in [3.63, 3.8) is 0 Å². The van der Waals surface area contributed by atoms with Crippen molar-refractivity contribution >= 4 is 38.9 Å². The standard InChI is InChI=1S/C17H23ClN4O3S2/c1-3-20-17(22-11-14-6-7-16(26-14)27(19,23)24)21-9-8-12-4-5-13(25-2)10-15(12)18/h4-7,10H,3,8-9,11H2,1-2H3,(H2,19,23,24)(H2,20,21,22). The maximum Gasteiger partial charge on any atom is 0.247 e. The lowest BCUT2D eigenvalue weighted by molar-refractivity contribution is 0.414. The third kappa shape index (κ3) is 6.69. The quantitative estimate of drug-likeness (QED) is 0.440. The summed E-state index contributed by atoms with van der Waals surface area (Å²) in [5, 5.41) is 12.2. The molecule has 0 bridgehead atoms. The van der Waals surface area contributed by atoms with E-state index in [-0.39, 0.29) is 4.21 Å². The van der Waals surface area contributed by atoms with Gasteiger partial charge in [0, 0.05) is 23.0 Å². The molecule has 2 rings (SSSR count). The zero-order valence-electron chi connectivity index (χ0n) is 15.2. The first-order valence-electron chi connectivity index (χ1n) is 8.29. The minimum absolute atomic E-state index is 0.139. The third-order valence-electron chi connectivity index (χ3n) is 3.60. The number of ether oxygens (including phenoxy) is 1. The first kappa shape index (κ1) is 21.5. The monoisotopic (exact) mass is 430 g/mol.